The molecule has 0 spiro atoms. The smallest absolute Gasteiger partial charge is 0.350 e. The van der Waals surface area contributed by atoms with Gasteiger partial charge in [0.25, 0.3) is 5.69 Å². The molecule has 0 aliphatic carbocycles. The second-order valence-corrected chi connectivity index (χ2v) is 8.81. The lowest BCUT2D eigenvalue weighted by Crippen LogP contribution is -2.23. The Hall–Kier alpha value is -5.04. The number of oxime groups is 1. The monoisotopic (exact) mass is 504 g/mol. The molecular weight excluding hydrogens is 480 g/mol. The highest BCUT2D eigenvalue weighted by Gasteiger charge is 2.30. The van der Waals surface area contributed by atoms with Gasteiger partial charge in [-0.1, -0.05) is 96.2 Å². The largest absolute Gasteiger partial charge is 0.458 e. The summed E-state index contributed by atoms with van der Waals surface area (Å²) in [6, 6.07) is 32.4. The third-order valence-electron chi connectivity index (χ3n) is 6.19. The Balaban J connectivity index is 1.10. The van der Waals surface area contributed by atoms with Gasteiger partial charge in [0, 0.05) is 18.6 Å². The molecule has 0 fully saturated rings. The van der Waals surface area contributed by atoms with Crippen LogP contribution in [-0.2, 0) is 21.0 Å². The minimum atomic E-state index is -0.837. The van der Waals surface area contributed by atoms with Crippen LogP contribution < -0.4 is 0 Å². The summed E-state index contributed by atoms with van der Waals surface area (Å²) < 4.78 is 5.42. The standard InChI is InChI=1S/C31H24N2O5/c34-31(30-20-29(32-38-30)27-16-18-28(19-17-27)33(35)36)37-21-24-10-8-22(9-11-24)6-7-23-12-14-26(15-13-23)25-4-2-1-3-5-25/h1-19,30H,20-21H2/b7-6+. The van der Waals surface area contributed by atoms with E-state index in [-0.39, 0.29) is 18.7 Å². The molecule has 1 atom stereocenters. The van der Waals surface area contributed by atoms with E-state index in [4.69, 9.17) is 9.57 Å². The number of esters is 1. The van der Waals surface area contributed by atoms with Crippen LogP contribution in [0.2, 0.25) is 0 Å². The van der Waals surface area contributed by atoms with Crippen molar-refractivity contribution < 1.29 is 19.3 Å². The van der Waals surface area contributed by atoms with Gasteiger partial charge in [0.1, 0.15) is 6.61 Å². The number of benzene rings is 4. The number of hydrogen-bond acceptors (Lipinski definition) is 6. The predicted molar refractivity (Wildman–Crippen MR) is 146 cm³/mol. The number of nitrogens with zero attached hydrogens (tertiary/aromatic N) is 2. The zero-order valence-corrected chi connectivity index (χ0v) is 20.4. The first-order valence-electron chi connectivity index (χ1n) is 12.1. The highest BCUT2D eigenvalue weighted by molar-refractivity contribution is 6.03. The third kappa shape index (κ3) is 6.02. The summed E-state index contributed by atoms with van der Waals surface area (Å²) in [5, 5.41) is 14.8. The highest BCUT2D eigenvalue weighted by atomic mass is 16.7. The maximum Gasteiger partial charge on any atom is 0.350 e. The van der Waals surface area contributed by atoms with Gasteiger partial charge in [0.05, 0.1) is 10.6 Å². The molecule has 1 unspecified atom stereocenters. The summed E-state index contributed by atoms with van der Waals surface area (Å²) in [6.07, 6.45) is 3.50. The van der Waals surface area contributed by atoms with Crippen molar-refractivity contribution in [3.8, 4) is 11.1 Å². The van der Waals surface area contributed by atoms with Gasteiger partial charge in [0.15, 0.2) is 0 Å². The molecule has 1 heterocycles. The molecule has 0 N–H and O–H groups in total. The molecule has 0 saturated heterocycles. The van der Waals surface area contributed by atoms with Crippen LogP contribution in [0.25, 0.3) is 23.3 Å². The van der Waals surface area contributed by atoms with Crippen LogP contribution in [0.4, 0.5) is 5.69 Å². The Morgan fingerprint density at radius 3 is 2.05 bits per heavy atom. The summed E-state index contributed by atoms with van der Waals surface area (Å²) in [7, 11) is 0. The molecule has 38 heavy (non-hydrogen) atoms. The summed E-state index contributed by atoms with van der Waals surface area (Å²) in [6.45, 7) is 0.122. The van der Waals surface area contributed by atoms with Crippen LogP contribution in [0.5, 0.6) is 0 Å². The van der Waals surface area contributed by atoms with Crippen LogP contribution in [-0.4, -0.2) is 22.7 Å². The average molecular weight is 505 g/mol. The second-order valence-electron chi connectivity index (χ2n) is 8.81. The summed E-state index contributed by atoms with van der Waals surface area (Å²) >= 11 is 0. The minimum Gasteiger partial charge on any atom is -0.458 e. The summed E-state index contributed by atoms with van der Waals surface area (Å²) in [5.41, 5.74) is 6.58. The Morgan fingerprint density at radius 1 is 0.842 bits per heavy atom. The second kappa shape index (κ2) is 11.3. The number of carbonyl (C=O) groups is 1. The fourth-order valence-electron chi connectivity index (χ4n) is 4.03. The van der Waals surface area contributed by atoms with Crippen molar-refractivity contribution in [1.29, 1.82) is 0 Å². The molecule has 4 aromatic rings. The van der Waals surface area contributed by atoms with E-state index in [1.807, 2.05) is 48.5 Å². The number of ether oxygens (including phenoxy) is 1. The maximum atomic E-state index is 12.5. The Bertz CT molecular complexity index is 1480. The predicted octanol–water partition coefficient (Wildman–Crippen LogP) is 6.67. The van der Waals surface area contributed by atoms with E-state index < -0.39 is 17.0 Å². The first kappa shape index (κ1) is 24.6. The average Bonchev–Trinajstić information content (AvgIpc) is 3.47. The molecule has 0 amide bonds. The Kier molecular flexibility index (Phi) is 7.36. The van der Waals surface area contributed by atoms with E-state index in [9.17, 15) is 14.9 Å². The molecule has 7 nitrogen and oxygen atoms in total. The van der Waals surface area contributed by atoms with E-state index >= 15 is 0 Å². The minimum absolute atomic E-state index is 0.0109. The number of non-ortho nitro benzene ring substituents is 1. The van der Waals surface area contributed by atoms with E-state index in [2.05, 4.69) is 47.6 Å². The number of hydrogen-bond donors (Lipinski definition) is 0. The van der Waals surface area contributed by atoms with E-state index in [0.29, 0.717) is 11.3 Å². The van der Waals surface area contributed by atoms with Gasteiger partial charge in [-0.05, 0) is 45.5 Å². The number of rotatable bonds is 8. The number of carbonyl (C=O) groups excluding carboxylic acids is 1. The highest BCUT2D eigenvalue weighted by Crippen LogP contribution is 2.22. The van der Waals surface area contributed by atoms with Gasteiger partial charge in [-0.25, -0.2) is 4.79 Å². The zero-order chi connectivity index (χ0) is 26.3. The Morgan fingerprint density at radius 2 is 1.42 bits per heavy atom. The molecule has 188 valence electrons. The fourth-order valence-corrected chi connectivity index (χ4v) is 4.03. The molecule has 0 bridgehead atoms. The molecular formula is C31H24N2O5. The lowest BCUT2D eigenvalue weighted by Gasteiger charge is -2.09. The van der Waals surface area contributed by atoms with Gasteiger partial charge in [-0.3, -0.25) is 10.1 Å². The van der Waals surface area contributed by atoms with Gasteiger partial charge >= 0.3 is 5.97 Å². The maximum absolute atomic E-state index is 12.5. The van der Waals surface area contributed by atoms with Crippen LogP contribution in [0.1, 0.15) is 28.7 Å². The van der Waals surface area contributed by atoms with Crippen molar-refractivity contribution in [2.45, 2.75) is 19.1 Å². The van der Waals surface area contributed by atoms with Crippen molar-refractivity contribution in [2.75, 3.05) is 0 Å². The SMILES string of the molecule is O=C(OCc1ccc(/C=C/c2ccc(-c3ccccc3)cc2)cc1)C1CC(c2ccc([N+](=O)[O-])cc2)=NO1. The molecule has 0 radical (unpaired) electrons. The van der Waals surface area contributed by atoms with Crippen molar-refractivity contribution >= 4 is 29.5 Å². The first-order valence-corrected chi connectivity index (χ1v) is 12.1. The van der Waals surface area contributed by atoms with Gasteiger partial charge in [-0.2, -0.15) is 0 Å². The lowest BCUT2D eigenvalue weighted by molar-refractivity contribution is -0.384. The molecule has 1 aliphatic heterocycles. The van der Waals surface area contributed by atoms with Crippen molar-refractivity contribution in [1.82, 2.24) is 0 Å². The molecule has 7 heteroatoms. The summed E-state index contributed by atoms with van der Waals surface area (Å²) in [5.74, 6) is -0.506. The van der Waals surface area contributed by atoms with Crippen molar-refractivity contribution in [3.63, 3.8) is 0 Å². The quantitative estimate of drug-likeness (QED) is 0.116. The summed E-state index contributed by atoms with van der Waals surface area (Å²) in [4.78, 5) is 28.0. The number of nitro groups is 1. The molecule has 5 rings (SSSR count). The van der Waals surface area contributed by atoms with E-state index in [1.165, 1.54) is 23.3 Å². The lowest BCUT2D eigenvalue weighted by atomic mass is 10.0. The molecule has 0 aromatic heterocycles. The first-order chi connectivity index (χ1) is 18.5. The van der Waals surface area contributed by atoms with Crippen LogP contribution in [0.3, 0.4) is 0 Å². The molecule has 1 aliphatic rings. The van der Waals surface area contributed by atoms with Crippen LogP contribution in [0.15, 0.2) is 108 Å². The topological polar surface area (TPSA) is 91.0 Å². The van der Waals surface area contributed by atoms with Gasteiger partial charge < -0.3 is 9.57 Å². The van der Waals surface area contributed by atoms with Crippen molar-refractivity contribution in [3.05, 3.63) is 135 Å². The van der Waals surface area contributed by atoms with E-state index in [0.717, 1.165) is 16.7 Å². The third-order valence-corrected chi connectivity index (χ3v) is 6.19. The van der Waals surface area contributed by atoms with Crippen molar-refractivity contribution in [2.24, 2.45) is 5.16 Å². The molecule has 4 aromatic carbocycles. The van der Waals surface area contributed by atoms with Crippen LogP contribution in [0, 0.1) is 10.1 Å². The number of nitro benzene ring substituents is 1. The molecule has 0 saturated carbocycles. The fraction of sp³-hybridized carbons (Fsp3) is 0.0968. The van der Waals surface area contributed by atoms with Gasteiger partial charge in [-0.15, -0.1) is 0 Å². The normalized spacial score (nSPS) is 14.6. The van der Waals surface area contributed by atoms with E-state index in [1.54, 1.807) is 12.1 Å². The van der Waals surface area contributed by atoms with Gasteiger partial charge in [0.2, 0.25) is 6.10 Å². The van der Waals surface area contributed by atoms with Crippen LogP contribution >= 0.6 is 0 Å². The zero-order valence-electron chi connectivity index (χ0n) is 20.4. The Labute approximate surface area is 219 Å².